The van der Waals surface area contributed by atoms with Crippen molar-refractivity contribution in [1.29, 1.82) is 0 Å². The van der Waals surface area contributed by atoms with E-state index in [0.717, 1.165) is 46.0 Å². The van der Waals surface area contributed by atoms with Crippen LogP contribution >= 0.6 is 22.9 Å². The maximum absolute atomic E-state index is 5.96. The van der Waals surface area contributed by atoms with Crippen molar-refractivity contribution in [2.45, 2.75) is 19.8 Å². The van der Waals surface area contributed by atoms with E-state index in [1.165, 1.54) is 25.9 Å². The Morgan fingerprint density at radius 3 is 2.72 bits per heavy atom. The number of fused-ring (bicyclic) bond motifs is 1. The number of hydrogen-bond donors (Lipinski definition) is 0. The summed E-state index contributed by atoms with van der Waals surface area (Å²) >= 11 is 7.63. The summed E-state index contributed by atoms with van der Waals surface area (Å²) in [5.74, 6) is 0. The van der Waals surface area contributed by atoms with Gasteiger partial charge in [0.1, 0.15) is 0 Å². The number of rotatable bonds is 4. The lowest BCUT2D eigenvalue weighted by Gasteiger charge is -2.20. The average Bonchev–Trinajstić information content (AvgIpc) is 3.09. The molecule has 1 aromatic carbocycles. The van der Waals surface area contributed by atoms with E-state index in [-0.39, 0.29) is 0 Å². The molecule has 2 aromatic heterocycles. The van der Waals surface area contributed by atoms with Crippen LogP contribution in [0.3, 0.4) is 0 Å². The van der Waals surface area contributed by atoms with E-state index in [0.29, 0.717) is 0 Å². The molecule has 4 rings (SSSR count). The molecule has 0 atom stereocenters. The third-order valence-corrected chi connectivity index (χ3v) is 5.81. The summed E-state index contributed by atoms with van der Waals surface area (Å²) in [5, 5.41) is 6.58. The average molecular weight is 376 g/mol. The molecule has 1 saturated heterocycles. The molecule has 5 nitrogen and oxygen atoms in total. The monoisotopic (exact) mass is 375 g/mol. The highest BCUT2D eigenvalue weighted by molar-refractivity contribution is 7.20. The fourth-order valence-corrected chi connectivity index (χ4v) is 4.34. The predicted octanol–water partition coefficient (Wildman–Crippen LogP) is 4.03. The third kappa shape index (κ3) is 3.66. The Hall–Kier alpha value is -1.63. The molecule has 1 aliphatic rings. The van der Waals surface area contributed by atoms with Crippen molar-refractivity contribution < 1.29 is 0 Å². The topological polar surface area (TPSA) is 36.7 Å². The van der Waals surface area contributed by atoms with Gasteiger partial charge in [-0.25, -0.2) is 9.50 Å². The van der Waals surface area contributed by atoms with Crippen molar-refractivity contribution in [2.24, 2.45) is 0 Å². The van der Waals surface area contributed by atoms with Crippen molar-refractivity contribution in [3.63, 3.8) is 0 Å². The van der Waals surface area contributed by atoms with E-state index < -0.39 is 0 Å². The van der Waals surface area contributed by atoms with Crippen molar-refractivity contribution in [2.75, 3.05) is 37.6 Å². The maximum atomic E-state index is 5.96. The van der Waals surface area contributed by atoms with Crippen LogP contribution < -0.4 is 4.90 Å². The zero-order valence-electron chi connectivity index (χ0n) is 14.4. The van der Waals surface area contributed by atoms with Gasteiger partial charge in [0.15, 0.2) is 0 Å². The van der Waals surface area contributed by atoms with Crippen molar-refractivity contribution >= 4 is 33.0 Å². The lowest BCUT2D eigenvalue weighted by molar-refractivity contribution is 0.294. The summed E-state index contributed by atoms with van der Waals surface area (Å²) in [4.78, 5) is 10.6. The number of halogens is 1. The first-order chi connectivity index (χ1) is 12.2. The van der Waals surface area contributed by atoms with E-state index >= 15 is 0 Å². The highest BCUT2D eigenvalue weighted by Crippen LogP contribution is 2.28. The molecule has 132 valence electrons. The second-order valence-corrected chi connectivity index (χ2v) is 7.80. The van der Waals surface area contributed by atoms with Crippen LogP contribution in [0.25, 0.3) is 16.2 Å². The molecule has 25 heavy (non-hydrogen) atoms. The fraction of sp³-hybridized carbons (Fsp3) is 0.444. The zero-order valence-corrected chi connectivity index (χ0v) is 15.9. The van der Waals surface area contributed by atoms with Gasteiger partial charge < -0.3 is 9.80 Å². The smallest absolute Gasteiger partial charge is 0.214 e. The highest BCUT2D eigenvalue weighted by Gasteiger charge is 2.19. The molecule has 1 aliphatic heterocycles. The molecule has 3 heterocycles. The molecule has 0 unspecified atom stereocenters. The second-order valence-electron chi connectivity index (χ2n) is 6.43. The molecule has 0 bridgehead atoms. The maximum Gasteiger partial charge on any atom is 0.214 e. The van der Waals surface area contributed by atoms with Crippen LogP contribution in [0, 0.1) is 0 Å². The first kappa shape index (κ1) is 16.8. The molecular formula is C18H22ClN5S. The number of hydrogen-bond acceptors (Lipinski definition) is 5. The molecule has 0 radical (unpaired) electrons. The van der Waals surface area contributed by atoms with E-state index in [1.807, 2.05) is 35.0 Å². The number of imidazole rings is 1. The molecule has 7 heteroatoms. The molecule has 0 amide bonds. The van der Waals surface area contributed by atoms with Gasteiger partial charge in [0.2, 0.25) is 10.1 Å². The van der Waals surface area contributed by atoms with Crippen LogP contribution in [0.2, 0.25) is 5.02 Å². The Morgan fingerprint density at radius 2 is 1.96 bits per heavy atom. The van der Waals surface area contributed by atoms with E-state index in [1.54, 1.807) is 11.3 Å². The number of aromatic nitrogens is 3. The van der Waals surface area contributed by atoms with Crippen LogP contribution in [0.5, 0.6) is 0 Å². The lowest BCUT2D eigenvalue weighted by Crippen LogP contribution is -2.31. The standard InChI is InChI=1S/C18H22ClN5S/c1-2-8-22-9-3-10-23(12-11-22)18-21-24-13-16(20-17(24)25-18)14-4-6-15(19)7-5-14/h4-7,13H,2-3,8-12H2,1H3. The fourth-order valence-electron chi connectivity index (χ4n) is 3.28. The number of nitrogens with zero attached hydrogens (tertiary/aromatic N) is 5. The van der Waals surface area contributed by atoms with E-state index in [4.69, 9.17) is 21.7 Å². The van der Waals surface area contributed by atoms with E-state index in [2.05, 4.69) is 16.7 Å². The second kappa shape index (κ2) is 7.32. The Balaban J connectivity index is 1.52. The summed E-state index contributed by atoms with van der Waals surface area (Å²) in [6, 6.07) is 7.77. The van der Waals surface area contributed by atoms with Gasteiger partial charge in [-0.3, -0.25) is 0 Å². The summed E-state index contributed by atoms with van der Waals surface area (Å²) in [6.45, 7) is 7.86. The van der Waals surface area contributed by atoms with Crippen LogP contribution in [0.4, 0.5) is 5.13 Å². The Morgan fingerprint density at radius 1 is 1.12 bits per heavy atom. The summed E-state index contributed by atoms with van der Waals surface area (Å²) in [7, 11) is 0. The van der Waals surface area contributed by atoms with Crippen molar-refractivity contribution in [1.82, 2.24) is 19.5 Å². The van der Waals surface area contributed by atoms with Gasteiger partial charge in [0.25, 0.3) is 0 Å². The molecule has 0 aliphatic carbocycles. The SMILES string of the molecule is CCCN1CCCN(c2nn3cc(-c4ccc(Cl)cc4)nc3s2)CC1. The molecule has 0 spiro atoms. The van der Waals surface area contributed by atoms with Gasteiger partial charge in [-0.1, -0.05) is 42.0 Å². The van der Waals surface area contributed by atoms with Crippen LogP contribution in [-0.2, 0) is 0 Å². The van der Waals surface area contributed by atoms with Gasteiger partial charge in [-0.05, 0) is 38.1 Å². The largest absolute Gasteiger partial charge is 0.345 e. The lowest BCUT2D eigenvalue weighted by atomic mass is 10.2. The molecule has 3 aromatic rings. The quantitative estimate of drug-likeness (QED) is 0.689. The molecule has 1 fully saturated rings. The van der Waals surface area contributed by atoms with Gasteiger partial charge in [0, 0.05) is 30.2 Å². The summed E-state index contributed by atoms with van der Waals surface area (Å²) in [5.41, 5.74) is 2.00. The first-order valence-electron chi connectivity index (χ1n) is 8.82. The van der Waals surface area contributed by atoms with E-state index in [9.17, 15) is 0 Å². The molecular weight excluding hydrogens is 354 g/mol. The van der Waals surface area contributed by atoms with Gasteiger partial charge in [-0.2, -0.15) is 0 Å². The van der Waals surface area contributed by atoms with Crippen molar-refractivity contribution in [3.05, 3.63) is 35.5 Å². The zero-order chi connectivity index (χ0) is 17.2. The van der Waals surface area contributed by atoms with Gasteiger partial charge >= 0.3 is 0 Å². The predicted molar refractivity (Wildman–Crippen MR) is 105 cm³/mol. The van der Waals surface area contributed by atoms with Gasteiger partial charge in [0.05, 0.1) is 11.9 Å². The minimum Gasteiger partial charge on any atom is -0.345 e. The minimum absolute atomic E-state index is 0.739. The molecule has 0 N–H and O–H groups in total. The highest BCUT2D eigenvalue weighted by atomic mass is 35.5. The Bertz CT molecular complexity index is 809. The summed E-state index contributed by atoms with van der Waals surface area (Å²) < 4.78 is 1.90. The van der Waals surface area contributed by atoms with Crippen LogP contribution in [-0.4, -0.2) is 52.2 Å². The van der Waals surface area contributed by atoms with Crippen LogP contribution in [0.15, 0.2) is 30.5 Å². The molecule has 0 saturated carbocycles. The Labute approximate surface area is 156 Å². The summed E-state index contributed by atoms with van der Waals surface area (Å²) in [6.07, 6.45) is 4.41. The Kier molecular flexibility index (Phi) is 4.92. The number of anilines is 1. The first-order valence-corrected chi connectivity index (χ1v) is 10.0. The van der Waals surface area contributed by atoms with Gasteiger partial charge in [-0.15, -0.1) is 5.10 Å². The van der Waals surface area contributed by atoms with Crippen molar-refractivity contribution in [3.8, 4) is 11.3 Å². The minimum atomic E-state index is 0.739. The number of benzene rings is 1. The normalized spacial score (nSPS) is 16.5. The third-order valence-electron chi connectivity index (χ3n) is 4.57. The van der Waals surface area contributed by atoms with Crippen LogP contribution in [0.1, 0.15) is 19.8 Å².